The molecule has 1 aliphatic heterocycles. The molecule has 4 rings (SSSR count). The molecule has 2 heterocycles. The number of nitrogens with zero attached hydrogens (tertiary/aromatic N) is 3. The molecule has 1 aromatic heterocycles. The van der Waals surface area contributed by atoms with Gasteiger partial charge in [-0.1, -0.05) is 42.5 Å². The Morgan fingerprint density at radius 2 is 1.84 bits per heavy atom. The van der Waals surface area contributed by atoms with Crippen molar-refractivity contribution in [3.05, 3.63) is 92.1 Å². The lowest BCUT2D eigenvalue weighted by molar-refractivity contribution is -0.130. The zero-order valence-electron chi connectivity index (χ0n) is 17.6. The maximum atomic E-state index is 12.6. The van der Waals surface area contributed by atoms with Crippen molar-refractivity contribution in [3.8, 4) is 11.6 Å². The fourth-order valence-corrected chi connectivity index (χ4v) is 3.77. The molecule has 0 bridgehead atoms. The van der Waals surface area contributed by atoms with Gasteiger partial charge in [0.05, 0.1) is 25.4 Å². The number of amides is 1. The highest BCUT2D eigenvalue weighted by Gasteiger charge is 2.34. The number of hydrogen-bond donors (Lipinski definition) is 2. The fourth-order valence-electron chi connectivity index (χ4n) is 3.77. The van der Waals surface area contributed by atoms with Crippen molar-refractivity contribution in [2.75, 3.05) is 7.11 Å². The van der Waals surface area contributed by atoms with Crippen LogP contribution < -0.4 is 16.0 Å². The standard InChI is InChI=1S/C23H22N4O5/c1-14(28)27-19(16-8-10-17(32-2)11-9-16)12-18(25-27)20-21(29)24-23(31)26(22(20)30)13-15-6-4-3-5-7-15/h3-11,19,30H,12-13H2,1-2H3,(H,24,29,31)/t19-/m0/s1. The Bertz CT molecular complexity index is 1290. The van der Waals surface area contributed by atoms with Crippen LogP contribution in [0, 0.1) is 0 Å². The number of rotatable bonds is 5. The van der Waals surface area contributed by atoms with Crippen LogP contribution in [0.1, 0.15) is 36.1 Å². The predicted molar refractivity (Wildman–Crippen MR) is 118 cm³/mol. The molecule has 32 heavy (non-hydrogen) atoms. The van der Waals surface area contributed by atoms with E-state index in [4.69, 9.17) is 4.74 Å². The first-order valence-corrected chi connectivity index (χ1v) is 10.0. The summed E-state index contributed by atoms with van der Waals surface area (Å²) in [5.41, 5.74) is 0.193. The fraction of sp³-hybridized carbons (Fsp3) is 0.217. The van der Waals surface area contributed by atoms with Crippen LogP contribution in [0.15, 0.2) is 69.3 Å². The first-order valence-electron chi connectivity index (χ1n) is 10.0. The summed E-state index contributed by atoms with van der Waals surface area (Å²) in [7, 11) is 1.56. The molecule has 0 saturated carbocycles. The molecule has 2 aromatic carbocycles. The molecule has 0 radical (unpaired) electrons. The first-order chi connectivity index (χ1) is 15.4. The highest BCUT2D eigenvalue weighted by molar-refractivity contribution is 6.04. The predicted octanol–water partition coefficient (Wildman–Crippen LogP) is 2.00. The van der Waals surface area contributed by atoms with Gasteiger partial charge in [0.25, 0.3) is 5.56 Å². The molecular formula is C23H22N4O5. The van der Waals surface area contributed by atoms with Gasteiger partial charge in [-0.25, -0.2) is 9.80 Å². The summed E-state index contributed by atoms with van der Waals surface area (Å²) in [5.74, 6) is -0.126. The first kappa shape index (κ1) is 21.1. The molecule has 0 spiro atoms. The molecule has 3 aromatic rings. The van der Waals surface area contributed by atoms with E-state index in [1.165, 1.54) is 11.9 Å². The van der Waals surface area contributed by atoms with Crippen LogP contribution in [-0.4, -0.2) is 38.4 Å². The van der Waals surface area contributed by atoms with Crippen molar-refractivity contribution in [2.24, 2.45) is 5.10 Å². The van der Waals surface area contributed by atoms with Crippen molar-refractivity contribution in [1.82, 2.24) is 14.6 Å². The van der Waals surface area contributed by atoms with Gasteiger partial charge in [-0.05, 0) is 23.3 Å². The Hall–Kier alpha value is -4.14. The van der Waals surface area contributed by atoms with Crippen molar-refractivity contribution < 1.29 is 14.6 Å². The Morgan fingerprint density at radius 1 is 1.16 bits per heavy atom. The van der Waals surface area contributed by atoms with E-state index in [2.05, 4.69) is 10.1 Å². The smallest absolute Gasteiger partial charge is 0.331 e. The minimum absolute atomic E-state index is 0.0703. The monoisotopic (exact) mass is 434 g/mol. The van der Waals surface area contributed by atoms with E-state index in [-0.39, 0.29) is 30.1 Å². The van der Waals surface area contributed by atoms with Crippen molar-refractivity contribution in [1.29, 1.82) is 0 Å². The number of hydrogen-bond acceptors (Lipinski definition) is 6. The van der Waals surface area contributed by atoms with E-state index in [0.717, 1.165) is 15.7 Å². The van der Waals surface area contributed by atoms with E-state index >= 15 is 0 Å². The van der Waals surface area contributed by atoms with Gasteiger partial charge in [0, 0.05) is 13.3 Å². The lowest BCUT2D eigenvalue weighted by Crippen LogP contribution is -2.34. The molecule has 1 amide bonds. The number of carbonyl (C=O) groups is 1. The summed E-state index contributed by atoms with van der Waals surface area (Å²) in [6, 6.07) is 15.8. The summed E-state index contributed by atoms with van der Waals surface area (Å²) in [5, 5.41) is 16.5. The maximum absolute atomic E-state index is 12.6. The molecule has 9 heteroatoms. The molecule has 9 nitrogen and oxygen atoms in total. The van der Waals surface area contributed by atoms with Crippen LogP contribution in [0.2, 0.25) is 0 Å². The van der Waals surface area contributed by atoms with Gasteiger partial charge in [0.1, 0.15) is 11.3 Å². The quantitative estimate of drug-likeness (QED) is 0.637. The summed E-state index contributed by atoms with van der Waals surface area (Å²) < 4.78 is 6.26. The molecule has 1 aliphatic rings. The Labute approximate surface area is 183 Å². The highest BCUT2D eigenvalue weighted by atomic mass is 16.5. The Kier molecular flexibility index (Phi) is 5.63. The van der Waals surface area contributed by atoms with Gasteiger partial charge in [-0.15, -0.1) is 0 Å². The molecule has 0 saturated heterocycles. The van der Waals surface area contributed by atoms with Gasteiger partial charge in [0.15, 0.2) is 0 Å². The van der Waals surface area contributed by atoms with Crippen LogP contribution in [0.4, 0.5) is 0 Å². The molecular weight excluding hydrogens is 412 g/mol. The third kappa shape index (κ3) is 3.92. The topological polar surface area (TPSA) is 117 Å². The molecule has 0 fully saturated rings. The Morgan fingerprint density at radius 3 is 2.47 bits per heavy atom. The number of nitrogens with one attached hydrogen (secondary N) is 1. The van der Waals surface area contributed by atoms with E-state index in [9.17, 15) is 19.5 Å². The van der Waals surface area contributed by atoms with Crippen LogP contribution in [0.5, 0.6) is 11.6 Å². The number of aromatic amines is 1. The zero-order valence-corrected chi connectivity index (χ0v) is 17.6. The van der Waals surface area contributed by atoms with Crippen molar-refractivity contribution in [2.45, 2.75) is 25.9 Å². The van der Waals surface area contributed by atoms with E-state index < -0.39 is 23.2 Å². The summed E-state index contributed by atoms with van der Waals surface area (Å²) in [4.78, 5) is 39.5. The highest BCUT2D eigenvalue weighted by Crippen LogP contribution is 2.34. The van der Waals surface area contributed by atoms with Crippen molar-refractivity contribution >= 4 is 11.6 Å². The zero-order chi connectivity index (χ0) is 22.8. The second kappa shape index (κ2) is 8.54. The van der Waals surface area contributed by atoms with E-state index in [1.54, 1.807) is 31.4 Å². The molecule has 1 atom stereocenters. The summed E-state index contributed by atoms with van der Waals surface area (Å²) in [6.45, 7) is 1.45. The Balaban J connectivity index is 1.74. The van der Waals surface area contributed by atoms with E-state index in [1.807, 2.05) is 30.3 Å². The number of methoxy groups -OCH3 is 1. The summed E-state index contributed by atoms with van der Waals surface area (Å²) in [6.07, 6.45) is 0.200. The molecule has 164 valence electrons. The number of ether oxygens (including phenoxy) is 1. The van der Waals surface area contributed by atoms with Gasteiger partial charge in [-0.3, -0.25) is 19.1 Å². The SMILES string of the molecule is COc1ccc([C@@H]2CC(c3c(O)n(Cc4ccccc4)c(=O)[nH]c3=O)=NN2C(C)=O)cc1. The third-order valence-corrected chi connectivity index (χ3v) is 5.38. The lowest BCUT2D eigenvalue weighted by atomic mass is 9.99. The van der Waals surface area contributed by atoms with Crippen LogP contribution in [0.3, 0.4) is 0 Å². The maximum Gasteiger partial charge on any atom is 0.331 e. The molecule has 2 N–H and O–H groups in total. The lowest BCUT2D eigenvalue weighted by Gasteiger charge is -2.20. The number of benzene rings is 2. The van der Waals surface area contributed by atoms with Crippen LogP contribution in [-0.2, 0) is 11.3 Å². The average molecular weight is 434 g/mol. The van der Waals surface area contributed by atoms with Crippen LogP contribution >= 0.6 is 0 Å². The number of aromatic hydroxyl groups is 1. The third-order valence-electron chi connectivity index (χ3n) is 5.38. The van der Waals surface area contributed by atoms with E-state index in [0.29, 0.717) is 5.75 Å². The van der Waals surface area contributed by atoms with Gasteiger partial charge in [0.2, 0.25) is 11.8 Å². The second-order valence-corrected chi connectivity index (χ2v) is 7.43. The molecule has 0 aliphatic carbocycles. The number of H-pyrrole nitrogens is 1. The average Bonchev–Trinajstić information content (AvgIpc) is 3.22. The van der Waals surface area contributed by atoms with Gasteiger partial charge >= 0.3 is 5.69 Å². The minimum Gasteiger partial charge on any atom is -0.497 e. The molecule has 0 unspecified atom stereocenters. The van der Waals surface area contributed by atoms with Gasteiger partial charge < -0.3 is 9.84 Å². The van der Waals surface area contributed by atoms with Crippen LogP contribution in [0.25, 0.3) is 0 Å². The van der Waals surface area contributed by atoms with Crippen molar-refractivity contribution in [3.63, 3.8) is 0 Å². The number of carbonyl (C=O) groups excluding carboxylic acids is 1. The normalized spacial score (nSPS) is 15.5. The second-order valence-electron chi connectivity index (χ2n) is 7.43. The minimum atomic E-state index is -0.755. The number of hydrazone groups is 1. The number of aromatic nitrogens is 2. The largest absolute Gasteiger partial charge is 0.497 e. The summed E-state index contributed by atoms with van der Waals surface area (Å²) >= 11 is 0. The van der Waals surface area contributed by atoms with Gasteiger partial charge in [-0.2, -0.15) is 5.10 Å².